The number of hydrogen-bond acceptors (Lipinski definition) is 3. The van der Waals surface area contributed by atoms with Gasteiger partial charge in [-0.15, -0.1) is 0 Å². The normalized spacial score (nSPS) is 12.0. The van der Waals surface area contributed by atoms with Crippen molar-refractivity contribution in [2.75, 3.05) is 5.32 Å². The van der Waals surface area contributed by atoms with E-state index in [2.05, 4.69) is 15.6 Å². The summed E-state index contributed by atoms with van der Waals surface area (Å²) in [6.45, 7) is 1.63. The van der Waals surface area contributed by atoms with Crippen molar-refractivity contribution in [2.45, 2.75) is 25.9 Å². The van der Waals surface area contributed by atoms with Crippen LogP contribution in [0.15, 0.2) is 85.1 Å². The van der Waals surface area contributed by atoms with Gasteiger partial charge in [0.25, 0.3) is 0 Å². The predicted octanol–water partition coefficient (Wildman–Crippen LogP) is 4.58. The van der Waals surface area contributed by atoms with Crippen LogP contribution in [-0.4, -0.2) is 26.3 Å². The summed E-state index contributed by atoms with van der Waals surface area (Å²) >= 11 is 0. The van der Waals surface area contributed by atoms with E-state index >= 15 is 0 Å². The minimum Gasteiger partial charge on any atom is -0.344 e. The summed E-state index contributed by atoms with van der Waals surface area (Å²) in [6, 6.07) is 25.2. The first-order chi connectivity index (χ1) is 16.6. The van der Waals surface area contributed by atoms with Crippen LogP contribution in [0.3, 0.4) is 0 Å². The number of rotatable bonds is 7. The lowest BCUT2D eigenvalue weighted by molar-refractivity contribution is -0.122. The van der Waals surface area contributed by atoms with Gasteiger partial charge in [-0.3, -0.25) is 9.59 Å². The number of H-pyrrole nitrogens is 1. The Morgan fingerprint density at radius 2 is 1.76 bits per heavy atom. The summed E-state index contributed by atoms with van der Waals surface area (Å²) in [5.41, 5.74) is 4.52. The number of aromatic amines is 1. The quantitative estimate of drug-likeness (QED) is 0.338. The highest BCUT2D eigenvalue weighted by atomic mass is 16.2. The molecule has 2 aromatic heterocycles. The Labute approximate surface area is 196 Å². The van der Waals surface area contributed by atoms with Gasteiger partial charge in [-0.2, -0.15) is 0 Å². The topological polar surface area (TPSA) is 91.8 Å². The summed E-state index contributed by atoms with van der Waals surface area (Å²) in [6.07, 6.45) is 2.48. The molecule has 1 unspecified atom stereocenters. The molecule has 3 N–H and O–H groups in total. The van der Waals surface area contributed by atoms with Gasteiger partial charge >= 0.3 is 0 Å². The standard InChI is InChI=1S/C27H25N5O2/c1-18(33)28-21-12-7-13-25-20(21)14-15-32(25)17-26(34)29-24(16-19-8-3-2-4-9-19)27-30-22-10-5-6-11-23(22)31-27/h2-15,24H,16-17H2,1H3,(H,28,33)(H,29,34)(H,30,31). The molecule has 0 bridgehead atoms. The van der Waals surface area contributed by atoms with Crippen LogP contribution in [0.4, 0.5) is 5.69 Å². The minimum absolute atomic E-state index is 0.121. The van der Waals surface area contributed by atoms with Crippen molar-refractivity contribution in [1.82, 2.24) is 19.9 Å². The van der Waals surface area contributed by atoms with Gasteiger partial charge in [0, 0.05) is 18.5 Å². The van der Waals surface area contributed by atoms with E-state index in [1.807, 2.05) is 89.6 Å². The second kappa shape index (κ2) is 9.23. The molecule has 7 nitrogen and oxygen atoms in total. The number of aromatic nitrogens is 3. The first kappa shape index (κ1) is 21.5. The highest BCUT2D eigenvalue weighted by Crippen LogP contribution is 2.25. The number of nitrogens with one attached hydrogen (secondary N) is 3. The molecule has 2 heterocycles. The lowest BCUT2D eigenvalue weighted by Gasteiger charge is -2.17. The number of amides is 2. The van der Waals surface area contributed by atoms with E-state index in [4.69, 9.17) is 4.98 Å². The summed E-state index contributed by atoms with van der Waals surface area (Å²) in [5.74, 6) is 0.472. The summed E-state index contributed by atoms with van der Waals surface area (Å²) in [5, 5.41) is 6.90. The van der Waals surface area contributed by atoms with Gasteiger partial charge in [-0.1, -0.05) is 48.5 Å². The molecule has 34 heavy (non-hydrogen) atoms. The number of benzene rings is 3. The zero-order valence-corrected chi connectivity index (χ0v) is 18.8. The van der Waals surface area contributed by atoms with E-state index in [1.54, 1.807) is 0 Å². The Bertz CT molecular complexity index is 1440. The van der Waals surface area contributed by atoms with Crippen molar-refractivity contribution in [1.29, 1.82) is 0 Å². The Morgan fingerprint density at radius 3 is 2.56 bits per heavy atom. The lowest BCUT2D eigenvalue weighted by Crippen LogP contribution is -2.33. The second-order valence-electron chi connectivity index (χ2n) is 8.31. The van der Waals surface area contributed by atoms with E-state index in [0.29, 0.717) is 6.42 Å². The number of anilines is 1. The summed E-state index contributed by atoms with van der Waals surface area (Å²) in [4.78, 5) is 32.8. The van der Waals surface area contributed by atoms with E-state index in [-0.39, 0.29) is 24.4 Å². The number of carbonyl (C=O) groups excluding carboxylic acids is 2. The zero-order chi connectivity index (χ0) is 23.5. The molecule has 0 aliphatic rings. The smallest absolute Gasteiger partial charge is 0.240 e. The van der Waals surface area contributed by atoms with Crippen LogP contribution in [-0.2, 0) is 22.6 Å². The number of imidazole rings is 1. The van der Waals surface area contributed by atoms with Crippen LogP contribution < -0.4 is 10.6 Å². The third-order valence-corrected chi connectivity index (χ3v) is 5.79. The fraction of sp³-hybridized carbons (Fsp3) is 0.148. The van der Waals surface area contributed by atoms with Crippen molar-refractivity contribution < 1.29 is 9.59 Å². The van der Waals surface area contributed by atoms with Gasteiger partial charge in [-0.25, -0.2) is 4.98 Å². The fourth-order valence-electron chi connectivity index (χ4n) is 4.26. The average molecular weight is 452 g/mol. The highest BCUT2D eigenvalue weighted by Gasteiger charge is 2.20. The molecule has 0 spiro atoms. The van der Waals surface area contributed by atoms with Crippen molar-refractivity contribution in [3.63, 3.8) is 0 Å². The maximum Gasteiger partial charge on any atom is 0.240 e. The summed E-state index contributed by atoms with van der Waals surface area (Å²) in [7, 11) is 0. The Kier molecular flexibility index (Phi) is 5.82. The van der Waals surface area contributed by atoms with E-state index < -0.39 is 0 Å². The first-order valence-corrected chi connectivity index (χ1v) is 11.2. The minimum atomic E-state index is -0.306. The van der Waals surface area contributed by atoms with Crippen LogP contribution in [0, 0.1) is 0 Å². The number of fused-ring (bicyclic) bond motifs is 2. The van der Waals surface area contributed by atoms with E-state index in [9.17, 15) is 9.59 Å². The molecule has 5 rings (SSSR count). The molecular weight excluding hydrogens is 426 g/mol. The van der Waals surface area contributed by atoms with Crippen LogP contribution in [0.1, 0.15) is 24.4 Å². The van der Waals surface area contributed by atoms with Gasteiger partial charge in [0.2, 0.25) is 11.8 Å². The molecule has 1 atom stereocenters. The zero-order valence-electron chi connectivity index (χ0n) is 18.8. The largest absolute Gasteiger partial charge is 0.344 e. The predicted molar refractivity (Wildman–Crippen MR) is 133 cm³/mol. The van der Waals surface area contributed by atoms with Crippen molar-refractivity contribution in [2.24, 2.45) is 0 Å². The van der Waals surface area contributed by atoms with Crippen LogP contribution in [0.2, 0.25) is 0 Å². The maximum absolute atomic E-state index is 13.2. The number of para-hydroxylation sites is 2. The fourth-order valence-corrected chi connectivity index (χ4v) is 4.26. The number of carbonyl (C=O) groups is 2. The average Bonchev–Trinajstić information content (AvgIpc) is 3.44. The third-order valence-electron chi connectivity index (χ3n) is 5.79. The second-order valence-corrected chi connectivity index (χ2v) is 8.31. The van der Waals surface area contributed by atoms with Crippen molar-refractivity contribution in [3.8, 4) is 0 Å². The molecule has 0 aliphatic heterocycles. The molecule has 0 saturated carbocycles. The molecule has 0 aliphatic carbocycles. The molecule has 0 radical (unpaired) electrons. The van der Waals surface area contributed by atoms with Gasteiger partial charge in [0.1, 0.15) is 12.4 Å². The van der Waals surface area contributed by atoms with Crippen LogP contribution in [0.25, 0.3) is 21.9 Å². The van der Waals surface area contributed by atoms with Crippen molar-refractivity contribution in [3.05, 3.63) is 96.4 Å². The molecular formula is C27H25N5O2. The molecule has 170 valence electrons. The van der Waals surface area contributed by atoms with Crippen LogP contribution >= 0.6 is 0 Å². The lowest BCUT2D eigenvalue weighted by atomic mass is 10.1. The molecule has 2 amide bonds. The first-order valence-electron chi connectivity index (χ1n) is 11.2. The summed E-state index contributed by atoms with van der Waals surface area (Å²) < 4.78 is 1.88. The highest BCUT2D eigenvalue weighted by molar-refractivity contribution is 6.01. The third kappa shape index (κ3) is 4.54. The Hall–Kier alpha value is -4.39. The van der Waals surface area contributed by atoms with E-state index in [1.165, 1.54) is 6.92 Å². The van der Waals surface area contributed by atoms with E-state index in [0.717, 1.165) is 39.0 Å². The molecule has 0 fully saturated rings. The Morgan fingerprint density at radius 1 is 0.971 bits per heavy atom. The van der Waals surface area contributed by atoms with Gasteiger partial charge < -0.3 is 20.2 Å². The van der Waals surface area contributed by atoms with Gasteiger partial charge in [0.15, 0.2) is 0 Å². The number of hydrogen-bond donors (Lipinski definition) is 3. The molecule has 5 aromatic rings. The molecule has 0 saturated heterocycles. The van der Waals surface area contributed by atoms with Crippen LogP contribution in [0.5, 0.6) is 0 Å². The molecule has 7 heteroatoms. The molecule has 3 aromatic carbocycles. The van der Waals surface area contributed by atoms with Crippen molar-refractivity contribution >= 4 is 39.4 Å². The monoisotopic (exact) mass is 451 g/mol. The number of nitrogens with zero attached hydrogens (tertiary/aromatic N) is 2. The Balaban J connectivity index is 1.40. The van der Waals surface area contributed by atoms with Gasteiger partial charge in [0.05, 0.1) is 28.3 Å². The SMILES string of the molecule is CC(=O)Nc1cccc2c1ccn2CC(=O)NC(Cc1ccccc1)c1nc2ccccc2[nH]1. The maximum atomic E-state index is 13.2. The van der Waals surface area contributed by atoms with Gasteiger partial charge in [-0.05, 0) is 42.3 Å².